The Hall–Kier alpha value is -3.26. The predicted octanol–water partition coefficient (Wildman–Crippen LogP) is 3.17. The number of ketones is 1. The van der Waals surface area contributed by atoms with Gasteiger partial charge in [0.1, 0.15) is 11.4 Å². The van der Waals surface area contributed by atoms with E-state index < -0.39 is 0 Å². The Kier molecular flexibility index (Phi) is 4.80. The molecule has 0 aliphatic rings. The van der Waals surface area contributed by atoms with E-state index in [0.29, 0.717) is 27.8 Å². The molecule has 0 aliphatic heterocycles. The molecule has 0 amide bonds. The highest BCUT2D eigenvalue weighted by Crippen LogP contribution is 2.21. The van der Waals surface area contributed by atoms with Gasteiger partial charge in [0.05, 0.1) is 18.6 Å². The summed E-state index contributed by atoms with van der Waals surface area (Å²) in [6.07, 6.45) is 1.72. The Bertz CT molecular complexity index is 1100. The maximum atomic E-state index is 12.5. The Morgan fingerprint density at radius 3 is 2.81 bits per heavy atom. The molecule has 0 saturated carbocycles. The van der Waals surface area contributed by atoms with Crippen molar-refractivity contribution in [1.29, 1.82) is 0 Å². The number of nitrogens with zero attached hydrogens (tertiary/aromatic N) is 5. The lowest BCUT2D eigenvalue weighted by molar-refractivity contribution is 0.102. The number of fused-ring (bicyclic) bond motifs is 1. The van der Waals surface area contributed by atoms with E-state index in [1.807, 2.05) is 30.3 Å². The molecule has 7 nitrogen and oxygen atoms in total. The van der Waals surface area contributed by atoms with Crippen molar-refractivity contribution in [2.45, 2.75) is 5.16 Å². The van der Waals surface area contributed by atoms with Gasteiger partial charge in [-0.25, -0.2) is 0 Å². The third kappa shape index (κ3) is 3.65. The molecule has 0 N–H and O–H groups in total. The van der Waals surface area contributed by atoms with Crippen molar-refractivity contribution in [3.8, 4) is 17.1 Å². The standard InChI is InChI=1S/C19H15N5O2S/c1-26-14-6-4-5-13(11-14)17(25)12-27-19-22-21-18-9-8-16(23-24(18)19)15-7-2-3-10-20-15/h2-11H,12H2,1H3. The molecule has 0 fully saturated rings. The molecule has 0 atom stereocenters. The lowest BCUT2D eigenvalue weighted by Gasteiger charge is -2.04. The largest absolute Gasteiger partial charge is 0.497 e. The smallest absolute Gasteiger partial charge is 0.212 e. The summed E-state index contributed by atoms with van der Waals surface area (Å²) in [6.45, 7) is 0. The Labute approximate surface area is 159 Å². The Balaban J connectivity index is 1.56. The number of hydrogen-bond acceptors (Lipinski definition) is 7. The fourth-order valence-electron chi connectivity index (χ4n) is 2.52. The van der Waals surface area contributed by atoms with Crippen LogP contribution in [0, 0.1) is 0 Å². The van der Waals surface area contributed by atoms with Gasteiger partial charge in [-0.2, -0.15) is 9.61 Å². The van der Waals surface area contributed by atoms with Crippen molar-refractivity contribution in [3.63, 3.8) is 0 Å². The minimum absolute atomic E-state index is 0.0171. The topological polar surface area (TPSA) is 82.3 Å². The number of thioether (sulfide) groups is 1. The molecule has 3 aromatic heterocycles. The van der Waals surface area contributed by atoms with Gasteiger partial charge in [-0.1, -0.05) is 30.0 Å². The molecular formula is C19H15N5O2S. The van der Waals surface area contributed by atoms with Crippen LogP contribution in [0.5, 0.6) is 5.75 Å². The Morgan fingerprint density at radius 1 is 1.07 bits per heavy atom. The van der Waals surface area contributed by atoms with E-state index in [9.17, 15) is 4.79 Å². The van der Waals surface area contributed by atoms with E-state index in [-0.39, 0.29) is 11.5 Å². The van der Waals surface area contributed by atoms with E-state index in [4.69, 9.17) is 4.74 Å². The average Bonchev–Trinajstić information content (AvgIpc) is 3.15. The molecule has 1 aromatic carbocycles. The number of carbonyl (C=O) groups is 1. The van der Waals surface area contributed by atoms with Crippen LogP contribution in [0.3, 0.4) is 0 Å². The monoisotopic (exact) mass is 377 g/mol. The van der Waals surface area contributed by atoms with Crippen LogP contribution < -0.4 is 4.74 Å². The molecule has 0 unspecified atom stereocenters. The summed E-state index contributed by atoms with van der Waals surface area (Å²) < 4.78 is 6.80. The number of pyridine rings is 1. The van der Waals surface area contributed by atoms with Crippen LogP contribution in [0.25, 0.3) is 17.0 Å². The first kappa shape index (κ1) is 17.2. The summed E-state index contributed by atoms with van der Waals surface area (Å²) in [5.74, 6) is 0.862. The number of rotatable bonds is 6. The van der Waals surface area contributed by atoms with Gasteiger partial charge in [0, 0.05) is 11.8 Å². The molecule has 0 bridgehead atoms. The fraction of sp³-hybridized carbons (Fsp3) is 0.105. The third-order valence-electron chi connectivity index (χ3n) is 3.89. The van der Waals surface area contributed by atoms with Crippen LogP contribution in [-0.2, 0) is 0 Å². The summed E-state index contributed by atoms with van der Waals surface area (Å²) in [6, 6.07) is 16.4. The summed E-state index contributed by atoms with van der Waals surface area (Å²) in [4.78, 5) is 16.8. The first-order valence-corrected chi connectivity index (χ1v) is 9.17. The second kappa shape index (κ2) is 7.55. The minimum Gasteiger partial charge on any atom is -0.497 e. The second-order valence-electron chi connectivity index (χ2n) is 5.63. The molecule has 4 aromatic rings. The summed E-state index contributed by atoms with van der Waals surface area (Å²) in [5.41, 5.74) is 2.68. The summed E-state index contributed by atoms with van der Waals surface area (Å²) in [7, 11) is 1.57. The number of methoxy groups -OCH3 is 1. The first-order valence-electron chi connectivity index (χ1n) is 8.18. The van der Waals surface area contributed by atoms with Gasteiger partial charge in [0.15, 0.2) is 11.4 Å². The molecule has 134 valence electrons. The Morgan fingerprint density at radius 2 is 2.00 bits per heavy atom. The molecule has 0 radical (unpaired) electrons. The molecule has 0 spiro atoms. The summed E-state index contributed by atoms with van der Waals surface area (Å²) in [5, 5.41) is 13.4. The van der Waals surface area contributed by atoms with Gasteiger partial charge in [-0.15, -0.1) is 10.2 Å². The highest BCUT2D eigenvalue weighted by Gasteiger charge is 2.13. The third-order valence-corrected chi connectivity index (χ3v) is 4.80. The predicted molar refractivity (Wildman–Crippen MR) is 102 cm³/mol. The van der Waals surface area contributed by atoms with Crippen LogP contribution in [0.15, 0.2) is 66.0 Å². The van der Waals surface area contributed by atoms with E-state index >= 15 is 0 Å². The SMILES string of the molecule is COc1cccc(C(=O)CSc2nnc3ccc(-c4ccccn4)nn23)c1. The maximum absolute atomic E-state index is 12.5. The normalized spacial score (nSPS) is 10.9. The van der Waals surface area contributed by atoms with Crippen LogP contribution in [0.1, 0.15) is 10.4 Å². The lowest BCUT2D eigenvalue weighted by Crippen LogP contribution is -2.04. The lowest BCUT2D eigenvalue weighted by atomic mass is 10.1. The second-order valence-corrected chi connectivity index (χ2v) is 6.57. The summed E-state index contributed by atoms with van der Waals surface area (Å²) >= 11 is 1.29. The van der Waals surface area contributed by atoms with Crippen LogP contribution in [0.4, 0.5) is 0 Å². The number of benzene rings is 1. The van der Waals surface area contributed by atoms with E-state index in [1.165, 1.54) is 11.8 Å². The van der Waals surface area contributed by atoms with Crippen molar-refractivity contribution in [2.24, 2.45) is 0 Å². The van der Waals surface area contributed by atoms with Crippen molar-refractivity contribution in [1.82, 2.24) is 24.8 Å². The molecular weight excluding hydrogens is 362 g/mol. The van der Waals surface area contributed by atoms with Crippen molar-refractivity contribution in [2.75, 3.05) is 12.9 Å². The number of hydrogen-bond donors (Lipinski definition) is 0. The molecule has 27 heavy (non-hydrogen) atoms. The van der Waals surface area contributed by atoms with Gasteiger partial charge in [-0.3, -0.25) is 9.78 Å². The number of Topliss-reactive ketones (excluding diaryl/α,β-unsaturated/α-hetero) is 1. The zero-order valence-electron chi connectivity index (χ0n) is 14.4. The fourth-order valence-corrected chi connectivity index (χ4v) is 3.30. The molecule has 0 aliphatic carbocycles. The maximum Gasteiger partial charge on any atom is 0.212 e. The van der Waals surface area contributed by atoms with Gasteiger partial charge < -0.3 is 4.74 Å². The minimum atomic E-state index is -0.0171. The zero-order valence-corrected chi connectivity index (χ0v) is 15.3. The van der Waals surface area contributed by atoms with Crippen LogP contribution >= 0.6 is 11.8 Å². The average molecular weight is 377 g/mol. The molecule has 8 heteroatoms. The highest BCUT2D eigenvalue weighted by atomic mass is 32.2. The molecule has 0 saturated heterocycles. The van der Waals surface area contributed by atoms with Crippen LogP contribution in [-0.4, -0.2) is 43.4 Å². The van der Waals surface area contributed by atoms with Crippen molar-refractivity contribution >= 4 is 23.2 Å². The highest BCUT2D eigenvalue weighted by molar-refractivity contribution is 7.99. The number of carbonyl (C=O) groups excluding carboxylic acids is 1. The van der Waals surface area contributed by atoms with E-state index in [2.05, 4.69) is 20.3 Å². The van der Waals surface area contributed by atoms with Crippen molar-refractivity contribution in [3.05, 3.63) is 66.4 Å². The quantitative estimate of drug-likeness (QED) is 0.377. The first-order chi connectivity index (χ1) is 13.2. The number of ether oxygens (including phenoxy) is 1. The van der Waals surface area contributed by atoms with Gasteiger partial charge in [0.25, 0.3) is 0 Å². The van der Waals surface area contributed by atoms with E-state index in [0.717, 1.165) is 5.69 Å². The molecule has 3 heterocycles. The zero-order chi connectivity index (χ0) is 18.6. The molecule has 4 rings (SSSR count). The van der Waals surface area contributed by atoms with Crippen molar-refractivity contribution < 1.29 is 9.53 Å². The van der Waals surface area contributed by atoms with Gasteiger partial charge in [-0.05, 0) is 36.4 Å². The van der Waals surface area contributed by atoms with E-state index in [1.54, 1.807) is 42.1 Å². The number of aromatic nitrogens is 5. The van der Waals surface area contributed by atoms with Gasteiger partial charge >= 0.3 is 0 Å². The van der Waals surface area contributed by atoms with Gasteiger partial charge in [0.2, 0.25) is 5.16 Å². The van der Waals surface area contributed by atoms with Crippen LogP contribution in [0.2, 0.25) is 0 Å².